The molecule has 0 saturated carbocycles. The lowest BCUT2D eigenvalue weighted by atomic mass is 9.92. The molecule has 2 atom stereocenters. The fourth-order valence-corrected chi connectivity index (χ4v) is 5.55. The number of hydrogen-bond donors (Lipinski definition) is 2. The summed E-state index contributed by atoms with van der Waals surface area (Å²) < 4.78 is 8.22. The number of aromatic nitrogens is 3. The molecule has 2 aromatic rings. The Kier molecular flexibility index (Phi) is 3.12. The van der Waals surface area contributed by atoms with Crippen molar-refractivity contribution in [3.05, 3.63) is 16.0 Å². The number of anilines is 1. The molecule has 0 amide bonds. The lowest BCUT2D eigenvalue weighted by Crippen LogP contribution is -2.40. The average molecular weight is 365 g/mol. The van der Waals surface area contributed by atoms with E-state index in [0.29, 0.717) is 6.61 Å². The third kappa shape index (κ3) is 1.96. The Morgan fingerprint density at radius 2 is 2.21 bits per heavy atom. The molecule has 2 N–H and O–H groups in total. The summed E-state index contributed by atoms with van der Waals surface area (Å²) in [7, 11) is 0. The topological polar surface area (TPSA) is 67.2 Å². The van der Waals surface area contributed by atoms with Crippen molar-refractivity contribution in [2.75, 3.05) is 11.3 Å². The molecule has 5 heterocycles. The van der Waals surface area contributed by atoms with Gasteiger partial charge in [0.15, 0.2) is 5.16 Å². The maximum absolute atomic E-state index is 6.04. The number of nitrogens with zero attached hydrogens (tertiary/aromatic N) is 4. The van der Waals surface area contributed by atoms with Crippen LogP contribution in [0.15, 0.2) is 5.16 Å². The molecule has 0 aliphatic carbocycles. The summed E-state index contributed by atoms with van der Waals surface area (Å²) in [6.45, 7) is 7.14. The summed E-state index contributed by atoms with van der Waals surface area (Å²) in [6.07, 6.45) is 3.25. The first-order valence-corrected chi connectivity index (χ1v) is 10.1. The van der Waals surface area contributed by atoms with Gasteiger partial charge < -0.3 is 4.74 Å². The van der Waals surface area contributed by atoms with Gasteiger partial charge in [0, 0.05) is 16.9 Å². The van der Waals surface area contributed by atoms with E-state index in [1.54, 1.807) is 11.8 Å². The van der Waals surface area contributed by atoms with Crippen LogP contribution in [0.25, 0.3) is 5.00 Å². The van der Waals surface area contributed by atoms with Crippen molar-refractivity contribution in [1.82, 2.24) is 25.5 Å². The molecule has 2 unspecified atom stereocenters. The van der Waals surface area contributed by atoms with E-state index in [1.807, 2.05) is 17.6 Å². The normalized spacial score (nSPS) is 26.8. The second-order valence-corrected chi connectivity index (χ2v) is 8.92. The molecule has 2 aromatic heterocycles. The van der Waals surface area contributed by atoms with Crippen molar-refractivity contribution in [3.63, 3.8) is 0 Å². The van der Waals surface area contributed by atoms with Crippen LogP contribution in [0.2, 0.25) is 0 Å². The minimum atomic E-state index is -0.125. The summed E-state index contributed by atoms with van der Waals surface area (Å²) in [5, 5.41) is 16.7. The van der Waals surface area contributed by atoms with Crippen molar-refractivity contribution >= 4 is 29.0 Å². The van der Waals surface area contributed by atoms with Gasteiger partial charge in [-0.2, -0.15) is 0 Å². The Labute approximate surface area is 148 Å². The summed E-state index contributed by atoms with van der Waals surface area (Å²) >= 11 is 3.44. The Balaban J connectivity index is 1.76. The zero-order valence-electron chi connectivity index (χ0n) is 14.1. The Hall–Kier alpha value is -1.13. The minimum Gasteiger partial charge on any atom is -0.370 e. The van der Waals surface area contributed by atoms with Crippen LogP contribution < -0.4 is 15.8 Å². The zero-order valence-corrected chi connectivity index (χ0v) is 15.7. The van der Waals surface area contributed by atoms with Gasteiger partial charge in [-0.1, -0.05) is 11.8 Å². The van der Waals surface area contributed by atoms with Gasteiger partial charge in [-0.15, -0.1) is 21.5 Å². The fraction of sp³-hybridized carbons (Fsp3) is 0.600. The molecule has 0 radical (unpaired) electrons. The van der Waals surface area contributed by atoms with E-state index in [0.717, 1.165) is 17.5 Å². The summed E-state index contributed by atoms with van der Waals surface area (Å²) in [6, 6.07) is 0. The number of rotatable bonds is 1. The lowest BCUT2D eigenvalue weighted by Gasteiger charge is -2.34. The van der Waals surface area contributed by atoms with Crippen LogP contribution in [0.4, 0.5) is 5.95 Å². The molecule has 7 nitrogen and oxygen atoms in total. The summed E-state index contributed by atoms with van der Waals surface area (Å²) in [5.41, 5.74) is 6.13. The molecule has 5 rings (SSSR count). The van der Waals surface area contributed by atoms with Gasteiger partial charge in [-0.05, 0) is 32.6 Å². The molecule has 1 saturated heterocycles. The Morgan fingerprint density at radius 3 is 3.00 bits per heavy atom. The highest BCUT2D eigenvalue weighted by molar-refractivity contribution is 7.98. The van der Waals surface area contributed by atoms with E-state index in [2.05, 4.69) is 51.3 Å². The van der Waals surface area contributed by atoms with E-state index in [-0.39, 0.29) is 17.9 Å². The summed E-state index contributed by atoms with van der Waals surface area (Å²) in [4.78, 5) is 1.33. The molecular formula is C15H20N6OS2. The van der Waals surface area contributed by atoms with Gasteiger partial charge in [0.25, 0.3) is 0 Å². The predicted octanol–water partition coefficient (Wildman–Crippen LogP) is 2.17. The van der Waals surface area contributed by atoms with Crippen LogP contribution >= 0.6 is 23.1 Å². The number of nitrogens with one attached hydrogen (secondary N) is 2. The standard InChI is InChI=1S/C15H20N6OS2/c1-7-16-11-10-8-5-15(2,3)22-6-9(8)24-12(10)20-13(21(11)19-7)17-18-14(20)23-4/h7,11,16,19H,5-6H2,1-4H3. The Morgan fingerprint density at radius 1 is 1.38 bits per heavy atom. The van der Waals surface area contributed by atoms with Crippen molar-refractivity contribution in [1.29, 1.82) is 0 Å². The van der Waals surface area contributed by atoms with E-state index in [9.17, 15) is 0 Å². The third-order valence-electron chi connectivity index (χ3n) is 4.80. The highest BCUT2D eigenvalue weighted by Gasteiger charge is 2.45. The Bertz CT molecular complexity index is 828. The molecular weight excluding hydrogens is 344 g/mol. The number of hydrazine groups is 1. The fourth-order valence-electron chi connectivity index (χ4n) is 3.75. The van der Waals surface area contributed by atoms with E-state index in [1.165, 1.54) is 21.0 Å². The second kappa shape index (κ2) is 4.95. The molecule has 128 valence electrons. The monoisotopic (exact) mass is 364 g/mol. The van der Waals surface area contributed by atoms with Gasteiger partial charge in [0.05, 0.1) is 18.4 Å². The van der Waals surface area contributed by atoms with Crippen LogP contribution in [0.1, 0.15) is 42.9 Å². The maximum atomic E-state index is 6.04. The molecule has 24 heavy (non-hydrogen) atoms. The first kappa shape index (κ1) is 15.2. The van der Waals surface area contributed by atoms with Crippen LogP contribution in [0.5, 0.6) is 0 Å². The van der Waals surface area contributed by atoms with Crippen LogP contribution in [-0.4, -0.2) is 32.8 Å². The molecule has 1 fully saturated rings. The van der Waals surface area contributed by atoms with Crippen molar-refractivity contribution in [3.8, 4) is 5.00 Å². The van der Waals surface area contributed by atoms with Gasteiger partial charge in [0.1, 0.15) is 11.2 Å². The number of ether oxygens (including phenoxy) is 1. The molecule has 0 bridgehead atoms. The first-order chi connectivity index (χ1) is 11.5. The number of hydrogen-bond acceptors (Lipinski definition) is 8. The van der Waals surface area contributed by atoms with Crippen molar-refractivity contribution < 1.29 is 4.74 Å². The quantitative estimate of drug-likeness (QED) is 0.752. The molecule has 9 heteroatoms. The SMILES string of the molecule is CSc1nnc2n1-c1sc3c(c1C1NC(C)NN21)CC(C)(C)OC3. The average Bonchev–Trinajstić information content (AvgIpc) is 3.19. The first-order valence-electron chi connectivity index (χ1n) is 8.08. The minimum absolute atomic E-state index is 0.0929. The highest BCUT2D eigenvalue weighted by Crippen LogP contribution is 2.48. The molecule has 0 aromatic carbocycles. The van der Waals surface area contributed by atoms with Crippen molar-refractivity contribution in [2.45, 2.75) is 56.9 Å². The van der Waals surface area contributed by atoms with E-state index in [4.69, 9.17) is 4.74 Å². The van der Waals surface area contributed by atoms with Crippen LogP contribution in [0, 0.1) is 0 Å². The highest BCUT2D eigenvalue weighted by atomic mass is 32.2. The van der Waals surface area contributed by atoms with Gasteiger partial charge >= 0.3 is 0 Å². The maximum Gasteiger partial charge on any atom is 0.249 e. The third-order valence-corrected chi connectivity index (χ3v) is 6.63. The smallest absolute Gasteiger partial charge is 0.249 e. The van der Waals surface area contributed by atoms with E-state index < -0.39 is 0 Å². The summed E-state index contributed by atoms with van der Waals surface area (Å²) in [5.74, 6) is 0.854. The second-order valence-electron chi connectivity index (χ2n) is 7.06. The zero-order chi connectivity index (χ0) is 16.6. The molecule has 3 aliphatic rings. The largest absolute Gasteiger partial charge is 0.370 e. The molecule has 3 aliphatic heterocycles. The van der Waals surface area contributed by atoms with Gasteiger partial charge in [0.2, 0.25) is 5.95 Å². The van der Waals surface area contributed by atoms with Crippen LogP contribution in [0.3, 0.4) is 0 Å². The number of thioether (sulfide) groups is 1. The molecule has 0 spiro atoms. The van der Waals surface area contributed by atoms with Crippen LogP contribution in [-0.2, 0) is 17.8 Å². The van der Waals surface area contributed by atoms with E-state index >= 15 is 0 Å². The van der Waals surface area contributed by atoms with Gasteiger partial charge in [-0.3, -0.25) is 10.3 Å². The van der Waals surface area contributed by atoms with Crippen molar-refractivity contribution in [2.24, 2.45) is 0 Å². The van der Waals surface area contributed by atoms with Gasteiger partial charge in [-0.25, -0.2) is 9.99 Å². The predicted molar refractivity (Wildman–Crippen MR) is 94.5 cm³/mol. The number of thiophene rings is 1. The number of fused-ring (bicyclic) bond motifs is 8. The lowest BCUT2D eigenvalue weighted by molar-refractivity contribution is -0.0385.